The molecule has 38 heavy (non-hydrogen) atoms. The second kappa shape index (κ2) is 8.99. The van der Waals surface area contributed by atoms with Crippen molar-refractivity contribution >= 4 is 5.91 Å². The van der Waals surface area contributed by atoms with Gasteiger partial charge in [-0.1, -0.05) is 29.5 Å². The topological polar surface area (TPSA) is 68.8 Å². The van der Waals surface area contributed by atoms with Gasteiger partial charge in [-0.15, -0.1) is 5.10 Å². The highest BCUT2D eigenvalue weighted by molar-refractivity contribution is 5.92. The van der Waals surface area contributed by atoms with Crippen molar-refractivity contribution in [3.8, 4) is 5.69 Å². The van der Waals surface area contributed by atoms with E-state index in [0.29, 0.717) is 12.1 Å². The lowest BCUT2D eigenvalue weighted by atomic mass is 9.85. The monoisotopic (exact) mass is 534 g/mol. The number of hydrogen-bond donors (Lipinski definition) is 0. The molecule has 3 heterocycles. The van der Waals surface area contributed by atoms with Crippen molar-refractivity contribution in [2.45, 2.75) is 31.7 Å². The Morgan fingerprint density at radius 1 is 0.974 bits per heavy atom. The molecule has 198 valence electrons. The quantitative estimate of drug-likeness (QED) is 0.342. The summed E-state index contributed by atoms with van der Waals surface area (Å²) >= 11 is 0. The Kier molecular flexibility index (Phi) is 6.03. The molecular weight excluding hydrogens is 514 g/mol. The molecule has 5 rings (SSSR count). The van der Waals surface area contributed by atoms with E-state index in [4.69, 9.17) is 0 Å². The number of alkyl halides is 6. The minimum absolute atomic E-state index is 0.0260. The van der Waals surface area contributed by atoms with E-state index >= 15 is 0 Å². The van der Waals surface area contributed by atoms with Crippen LogP contribution in [0.1, 0.15) is 49.9 Å². The fraction of sp³-hybridized carbons (Fsp3) is 0.280. The Morgan fingerprint density at radius 3 is 2.24 bits per heavy atom. The maximum absolute atomic E-state index is 13.4. The van der Waals surface area contributed by atoms with Crippen molar-refractivity contribution in [2.24, 2.45) is 7.05 Å². The van der Waals surface area contributed by atoms with E-state index in [9.17, 15) is 31.1 Å². The van der Waals surface area contributed by atoms with Gasteiger partial charge in [-0.2, -0.15) is 31.4 Å². The molecule has 13 heteroatoms. The standard InChI is InChI=1S/C25H20F6N6O/c1-14-20(10-32-35(14)2)21-12-36(11-15-5-3-4-6-19(15)21)23(38)22-13-37(34-33-22)18-8-16(24(26,27)28)7-17(9-18)25(29,30)31/h3-10,13,21H,11-12H2,1-2H3. The summed E-state index contributed by atoms with van der Waals surface area (Å²) < 4.78 is 82.1. The molecule has 1 amide bonds. The van der Waals surface area contributed by atoms with Crippen molar-refractivity contribution in [1.82, 2.24) is 29.7 Å². The number of rotatable bonds is 3. The highest BCUT2D eigenvalue weighted by Gasteiger charge is 2.37. The molecule has 1 atom stereocenters. The molecule has 0 saturated heterocycles. The second-order valence-corrected chi connectivity index (χ2v) is 9.06. The number of nitrogens with zero attached hydrogens (tertiary/aromatic N) is 6. The largest absolute Gasteiger partial charge is 0.416 e. The fourth-order valence-corrected chi connectivity index (χ4v) is 4.61. The van der Waals surface area contributed by atoms with Crippen molar-refractivity contribution in [3.63, 3.8) is 0 Å². The first kappa shape index (κ1) is 25.5. The van der Waals surface area contributed by atoms with Gasteiger partial charge < -0.3 is 4.90 Å². The molecule has 0 fully saturated rings. The Labute approximate surface area is 212 Å². The van der Waals surface area contributed by atoms with Crippen molar-refractivity contribution in [3.05, 3.63) is 94.1 Å². The van der Waals surface area contributed by atoms with Crippen molar-refractivity contribution in [1.29, 1.82) is 0 Å². The lowest BCUT2D eigenvalue weighted by molar-refractivity contribution is -0.143. The number of amides is 1. The maximum atomic E-state index is 13.4. The van der Waals surface area contributed by atoms with Crippen molar-refractivity contribution in [2.75, 3.05) is 6.54 Å². The van der Waals surface area contributed by atoms with E-state index in [0.717, 1.165) is 33.3 Å². The average Bonchev–Trinajstić information content (AvgIpc) is 3.49. The predicted molar refractivity (Wildman–Crippen MR) is 122 cm³/mol. The summed E-state index contributed by atoms with van der Waals surface area (Å²) in [6.07, 6.45) is -7.26. The van der Waals surface area contributed by atoms with Gasteiger partial charge in [0.1, 0.15) is 0 Å². The smallest absolute Gasteiger partial charge is 0.332 e. The number of halogens is 6. The van der Waals surface area contributed by atoms with E-state index in [1.54, 1.807) is 10.9 Å². The van der Waals surface area contributed by atoms with Crippen LogP contribution in [0.25, 0.3) is 5.69 Å². The highest BCUT2D eigenvalue weighted by Crippen LogP contribution is 2.38. The number of carbonyl (C=O) groups is 1. The summed E-state index contributed by atoms with van der Waals surface area (Å²) in [6.45, 7) is 2.44. The molecule has 0 bridgehead atoms. The molecule has 1 aliphatic heterocycles. The van der Waals surface area contributed by atoms with Crippen LogP contribution in [0.2, 0.25) is 0 Å². The molecule has 2 aromatic carbocycles. The molecule has 2 aromatic heterocycles. The Balaban J connectivity index is 1.48. The third-order valence-corrected chi connectivity index (χ3v) is 6.68. The Morgan fingerprint density at radius 2 is 1.63 bits per heavy atom. The van der Waals surface area contributed by atoms with Gasteiger partial charge in [0, 0.05) is 37.3 Å². The summed E-state index contributed by atoms with van der Waals surface area (Å²) in [7, 11) is 1.81. The van der Waals surface area contributed by atoms with Gasteiger partial charge in [0.25, 0.3) is 5.91 Å². The van der Waals surface area contributed by atoms with Crippen LogP contribution in [0.15, 0.2) is 54.9 Å². The summed E-state index contributed by atoms with van der Waals surface area (Å²) in [5.74, 6) is -0.745. The predicted octanol–water partition coefficient (Wildman–Crippen LogP) is 5.13. The molecular formula is C25H20F6N6O. The fourth-order valence-electron chi connectivity index (χ4n) is 4.61. The van der Waals surface area contributed by atoms with Gasteiger partial charge in [0.2, 0.25) is 0 Å². The van der Waals surface area contributed by atoms with Gasteiger partial charge in [-0.25, -0.2) is 4.68 Å². The normalized spacial score (nSPS) is 16.0. The van der Waals surface area contributed by atoms with E-state index < -0.39 is 35.1 Å². The number of aromatic nitrogens is 5. The van der Waals surface area contributed by atoms with Crippen molar-refractivity contribution < 1.29 is 31.1 Å². The minimum Gasteiger partial charge on any atom is -0.332 e. The van der Waals surface area contributed by atoms with Crippen LogP contribution in [-0.2, 0) is 25.9 Å². The SMILES string of the molecule is Cc1c(C2CN(C(=O)c3cn(-c4cc(C(F)(F)F)cc(C(F)(F)F)c4)nn3)Cc3ccccc32)cnn1C. The zero-order chi connectivity index (χ0) is 27.4. The second-order valence-electron chi connectivity index (χ2n) is 9.06. The number of benzene rings is 2. The summed E-state index contributed by atoms with van der Waals surface area (Å²) in [5, 5.41) is 11.7. The lowest BCUT2D eigenvalue weighted by Gasteiger charge is -2.34. The molecule has 7 nitrogen and oxygen atoms in total. The molecule has 0 N–H and O–H groups in total. The molecule has 0 saturated carbocycles. The molecule has 4 aromatic rings. The Hall–Kier alpha value is -4.16. The van der Waals surface area contributed by atoms with Crippen LogP contribution < -0.4 is 0 Å². The zero-order valence-electron chi connectivity index (χ0n) is 20.0. The highest BCUT2D eigenvalue weighted by atomic mass is 19.4. The minimum atomic E-state index is -5.02. The van der Waals surface area contributed by atoms with Crippen LogP contribution >= 0.6 is 0 Å². The summed E-state index contributed by atoms with van der Waals surface area (Å²) in [6, 6.07) is 8.71. The van der Waals surface area contributed by atoms with E-state index in [-0.39, 0.29) is 30.8 Å². The number of aryl methyl sites for hydroxylation is 1. The van der Waals surface area contributed by atoms with Gasteiger partial charge >= 0.3 is 12.4 Å². The van der Waals surface area contributed by atoms with Crippen LogP contribution in [-0.4, -0.2) is 42.1 Å². The van der Waals surface area contributed by atoms with E-state index in [1.807, 2.05) is 38.2 Å². The van der Waals surface area contributed by atoms with Gasteiger partial charge in [0.05, 0.1) is 29.2 Å². The molecule has 0 aliphatic carbocycles. The third-order valence-electron chi connectivity index (χ3n) is 6.68. The number of hydrogen-bond acceptors (Lipinski definition) is 4. The first-order valence-corrected chi connectivity index (χ1v) is 11.4. The first-order chi connectivity index (χ1) is 17.8. The number of fused-ring (bicyclic) bond motifs is 1. The summed E-state index contributed by atoms with van der Waals surface area (Å²) in [4.78, 5) is 14.9. The van der Waals surface area contributed by atoms with Crippen LogP contribution in [0.4, 0.5) is 26.3 Å². The molecule has 1 aliphatic rings. The molecule has 0 radical (unpaired) electrons. The average molecular weight is 534 g/mol. The van der Waals surface area contributed by atoms with Crippen LogP contribution in [0, 0.1) is 6.92 Å². The zero-order valence-corrected chi connectivity index (χ0v) is 20.0. The third kappa shape index (κ3) is 4.63. The van der Waals surface area contributed by atoms with Crippen LogP contribution in [0.5, 0.6) is 0 Å². The number of carbonyl (C=O) groups excluding carboxylic acids is 1. The van der Waals surface area contributed by atoms with Gasteiger partial charge in [0.15, 0.2) is 5.69 Å². The lowest BCUT2D eigenvalue weighted by Crippen LogP contribution is -2.39. The Bertz CT molecular complexity index is 1490. The summed E-state index contributed by atoms with van der Waals surface area (Å²) in [5.41, 5.74) is 0.0878. The van der Waals surface area contributed by atoms with Gasteiger partial charge in [-0.3, -0.25) is 9.48 Å². The van der Waals surface area contributed by atoms with Crippen LogP contribution in [0.3, 0.4) is 0 Å². The van der Waals surface area contributed by atoms with Gasteiger partial charge in [-0.05, 0) is 36.2 Å². The molecule has 1 unspecified atom stereocenters. The first-order valence-electron chi connectivity index (χ1n) is 11.4. The van der Waals surface area contributed by atoms with E-state index in [1.165, 1.54) is 4.90 Å². The van der Waals surface area contributed by atoms with E-state index in [2.05, 4.69) is 15.4 Å². The molecule has 0 spiro atoms. The maximum Gasteiger partial charge on any atom is 0.416 e.